The molecule has 0 aliphatic carbocycles. The number of carbonyl (C=O) groups is 1. The lowest BCUT2D eigenvalue weighted by atomic mass is 10.2. The molecule has 1 amide bonds. The molecule has 0 atom stereocenters. The minimum absolute atomic E-state index is 0.215. The van der Waals surface area contributed by atoms with Gasteiger partial charge in [0.25, 0.3) is 5.91 Å². The predicted molar refractivity (Wildman–Crippen MR) is 53.9 cm³/mol. The molecule has 1 aromatic carbocycles. The number of rotatable bonds is 3. The fourth-order valence-corrected chi connectivity index (χ4v) is 1.06. The summed E-state index contributed by atoms with van der Waals surface area (Å²) in [4.78, 5) is 11.4. The molecule has 0 radical (unpaired) electrons. The van der Waals surface area contributed by atoms with Gasteiger partial charge in [-0.1, -0.05) is 0 Å². The molecule has 0 saturated heterocycles. The molecule has 0 bridgehead atoms. The van der Waals surface area contributed by atoms with Crippen LogP contribution in [0.1, 0.15) is 17.3 Å². The molecular weight excluding hydrogens is 180 g/mol. The van der Waals surface area contributed by atoms with E-state index in [1.165, 1.54) is 7.05 Å². The Balaban J connectivity index is 2.78. The van der Waals surface area contributed by atoms with Crippen molar-refractivity contribution in [3.8, 4) is 5.75 Å². The van der Waals surface area contributed by atoms with E-state index in [1.54, 1.807) is 24.3 Å². The number of hydrogen-bond acceptors (Lipinski definition) is 3. The summed E-state index contributed by atoms with van der Waals surface area (Å²) in [6, 6.07) is 6.88. The summed E-state index contributed by atoms with van der Waals surface area (Å²) in [5.74, 6) is 5.86. The topological polar surface area (TPSA) is 55.6 Å². The Hall–Kier alpha value is -1.55. The first kappa shape index (κ1) is 10.5. The molecule has 4 heteroatoms. The summed E-state index contributed by atoms with van der Waals surface area (Å²) in [5, 5.41) is 1.05. The van der Waals surface area contributed by atoms with Crippen molar-refractivity contribution in [1.82, 2.24) is 5.01 Å². The van der Waals surface area contributed by atoms with Crippen LogP contribution in [-0.4, -0.2) is 24.6 Å². The zero-order valence-electron chi connectivity index (χ0n) is 8.36. The van der Waals surface area contributed by atoms with Crippen molar-refractivity contribution in [2.75, 3.05) is 13.7 Å². The summed E-state index contributed by atoms with van der Waals surface area (Å²) >= 11 is 0. The molecule has 0 heterocycles. The van der Waals surface area contributed by atoms with Crippen LogP contribution >= 0.6 is 0 Å². The minimum Gasteiger partial charge on any atom is -0.494 e. The van der Waals surface area contributed by atoms with E-state index >= 15 is 0 Å². The van der Waals surface area contributed by atoms with Crippen LogP contribution in [-0.2, 0) is 0 Å². The first-order valence-electron chi connectivity index (χ1n) is 4.40. The van der Waals surface area contributed by atoms with Crippen LogP contribution < -0.4 is 10.6 Å². The van der Waals surface area contributed by atoms with Gasteiger partial charge in [-0.15, -0.1) is 0 Å². The van der Waals surface area contributed by atoms with Crippen molar-refractivity contribution in [2.45, 2.75) is 6.92 Å². The van der Waals surface area contributed by atoms with Gasteiger partial charge in [0.15, 0.2) is 0 Å². The van der Waals surface area contributed by atoms with E-state index in [4.69, 9.17) is 10.6 Å². The third kappa shape index (κ3) is 2.47. The van der Waals surface area contributed by atoms with E-state index in [-0.39, 0.29) is 5.91 Å². The molecule has 0 unspecified atom stereocenters. The van der Waals surface area contributed by atoms with Gasteiger partial charge in [0.05, 0.1) is 6.61 Å². The highest BCUT2D eigenvalue weighted by Crippen LogP contribution is 2.12. The number of hydrazine groups is 1. The van der Waals surface area contributed by atoms with Gasteiger partial charge < -0.3 is 4.74 Å². The van der Waals surface area contributed by atoms with Gasteiger partial charge in [-0.2, -0.15) is 0 Å². The van der Waals surface area contributed by atoms with E-state index in [2.05, 4.69) is 0 Å². The average molecular weight is 194 g/mol. The Morgan fingerprint density at radius 2 is 2.00 bits per heavy atom. The highest BCUT2D eigenvalue weighted by molar-refractivity contribution is 5.93. The normalized spacial score (nSPS) is 9.64. The second-order valence-electron chi connectivity index (χ2n) is 2.87. The second-order valence-corrected chi connectivity index (χ2v) is 2.87. The van der Waals surface area contributed by atoms with Gasteiger partial charge in [0, 0.05) is 12.6 Å². The number of benzene rings is 1. The lowest BCUT2D eigenvalue weighted by molar-refractivity contribution is 0.0795. The SMILES string of the molecule is CCOc1ccc(C(=O)N(C)N)cc1. The van der Waals surface area contributed by atoms with E-state index in [0.717, 1.165) is 10.8 Å². The van der Waals surface area contributed by atoms with Crippen molar-refractivity contribution < 1.29 is 9.53 Å². The fourth-order valence-electron chi connectivity index (χ4n) is 1.06. The van der Waals surface area contributed by atoms with Crippen molar-refractivity contribution in [3.05, 3.63) is 29.8 Å². The van der Waals surface area contributed by atoms with Crippen molar-refractivity contribution in [3.63, 3.8) is 0 Å². The molecule has 1 rings (SSSR count). The molecule has 14 heavy (non-hydrogen) atoms. The van der Waals surface area contributed by atoms with Crippen LogP contribution in [0, 0.1) is 0 Å². The van der Waals surface area contributed by atoms with Gasteiger partial charge in [-0.3, -0.25) is 9.80 Å². The molecule has 0 fully saturated rings. The number of carbonyl (C=O) groups excluding carboxylic acids is 1. The molecule has 76 valence electrons. The highest BCUT2D eigenvalue weighted by Gasteiger charge is 2.07. The maximum Gasteiger partial charge on any atom is 0.267 e. The molecular formula is C10H14N2O2. The molecule has 2 N–H and O–H groups in total. The van der Waals surface area contributed by atoms with Crippen LogP contribution in [0.25, 0.3) is 0 Å². The van der Waals surface area contributed by atoms with Gasteiger partial charge in [-0.25, -0.2) is 5.84 Å². The molecule has 1 aromatic rings. The standard InChI is InChI=1S/C10H14N2O2/c1-3-14-9-6-4-8(5-7-9)10(13)12(2)11/h4-7H,3,11H2,1-2H3. The van der Waals surface area contributed by atoms with Crippen molar-refractivity contribution in [2.24, 2.45) is 5.84 Å². The van der Waals surface area contributed by atoms with E-state index in [9.17, 15) is 4.79 Å². The first-order chi connectivity index (χ1) is 6.65. The number of hydrogen-bond donors (Lipinski definition) is 1. The van der Waals surface area contributed by atoms with Crippen molar-refractivity contribution >= 4 is 5.91 Å². The van der Waals surface area contributed by atoms with Crippen LogP contribution in [0.15, 0.2) is 24.3 Å². The zero-order valence-corrected chi connectivity index (χ0v) is 8.36. The maximum atomic E-state index is 11.4. The van der Waals surface area contributed by atoms with Crippen LogP contribution in [0.4, 0.5) is 0 Å². The Kier molecular flexibility index (Phi) is 3.48. The van der Waals surface area contributed by atoms with E-state index < -0.39 is 0 Å². The number of nitrogens with zero attached hydrogens (tertiary/aromatic N) is 1. The molecule has 0 aliphatic heterocycles. The average Bonchev–Trinajstić information content (AvgIpc) is 2.18. The zero-order chi connectivity index (χ0) is 10.6. The first-order valence-corrected chi connectivity index (χ1v) is 4.40. The third-order valence-corrected chi connectivity index (χ3v) is 1.73. The second kappa shape index (κ2) is 4.62. The molecule has 0 aromatic heterocycles. The summed E-state index contributed by atoms with van der Waals surface area (Å²) < 4.78 is 5.24. The van der Waals surface area contributed by atoms with Crippen LogP contribution in [0.3, 0.4) is 0 Å². The fraction of sp³-hybridized carbons (Fsp3) is 0.300. The van der Waals surface area contributed by atoms with Crippen LogP contribution in [0.5, 0.6) is 5.75 Å². The summed E-state index contributed by atoms with van der Waals surface area (Å²) in [7, 11) is 1.51. The predicted octanol–water partition coefficient (Wildman–Crippen LogP) is 1.03. The molecule has 0 spiro atoms. The third-order valence-electron chi connectivity index (χ3n) is 1.73. The Morgan fingerprint density at radius 1 is 1.43 bits per heavy atom. The quantitative estimate of drug-likeness (QED) is 0.444. The lowest BCUT2D eigenvalue weighted by Crippen LogP contribution is -2.32. The summed E-state index contributed by atoms with van der Waals surface area (Å²) in [6.45, 7) is 2.52. The molecule has 0 saturated carbocycles. The lowest BCUT2D eigenvalue weighted by Gasteiger charge is -2.10. The van der Waals surface area contributed by atoms with Crippen molar-refractivity contribution in [1.29, 1.82) is 0 Å². The smallest absolute Gasteiger partial charge is 0.267 e. The minimum atomic E-state index is -0.215. The van der Waals surface area contributed by atoms with Gasteiger partial charge in [0.1, 0.15) is 5.75 Å². The van der Waals surface area contributed by atoms with E-state index in [0.29, 0.717) is 12.2 Å². The summed E-state index contributed by atoms with van der Waals surface area (Å²) in [6.07, 6.45) is 0. The molecule has 0 aliphatic rings. The van der Waals surface area contributed by atoms with Gasteiger partial charge in [-0.05, 0) is 31.2 Å². The Morgan fingerprint density at radius 3 is 2.43 bits per heavy atom. The summed E-state index contributed by atoms with van der Waals surface area (Å²) in [5.41, 5.74) is 0.554. The van der Waals surface area contributed by atoms with Crippen LogP contribution in [0.2, 0.25) is 0 Å². The van der Waals surface area contributed by atoms with Gasteiger partial charge in [0.2, 0.25) is 0 Å². The largest absolute Gasteiger partial charge is 0.494 e. The van der Waals surface area contributed by atoms with E-state index in [1.807, 2.05) is 6.92 Å². The molecule has 4 nitrogen and oxygen atoms in total. The number of nitrogens with two attached hydrogens (primary N) is 1. The maximum absolute atomic E-state index is 11.4. The number of ether oxygens (including phenoxy) is 1. The number of amides is 1. The Bertz CT molecular complexity index is 306. The highest BCUT2D eigenvalue weighted by atomic mass is 16.5. The van der Waals surface area contributed by atoms with Gasteiger partial charge >= 0.3 is 0 Å². The Labute approximate surface area is 83.2 Å². The monoisotopic (exact) mass is 194 g/mol.